The third-order valence-corrected chi connectivity index (χ3v) is 2.35. The van der Waals surface area contributed by atoms with E-state index in [4.69, 9.17) is 0 Å². The Bertz CT molecular complexity index is 802. The Morgan fingerprint density at radius 1 is 1.32 bits per heavy atom. The van der Waals surface area contributed by atoms with Crippen molar-refractivity contribution in [3.8, 4) is 0 Å². The summed E-state index contributed by atoms with van der Waals surface area (Å²) in [6.07, 6.45) is 0.473. The van der Waals surface area contributed by atoms with E-state index in [0.717, 1.165) is 6.21 Å². The fourth-order valence-corrected chi connectivity index (χ4v) is 1.46. The number of imide groups is 1. The van der Waals surface area contributed by atoms with Crippen molar-refractivity contribution in [3.63, 3.8) is 0 Å². The molecule has 114 valence electrons. The lowest BCUT2D eigenvalue weighted by Crippen LogP contribution is -2.35. The maximum absolute atomic E-state index is 11.5. The van der Waals surface area contributed by atoms with Crippen LogP contribution in [0.5, 0.6) is 0 Å². The van der Waals surface area contributed by atoms with E-state index in [2.05, 4.69) is 20.6 Å². The summed E-state index contributed by atoms with van der Waals surface area (Å²) >= 11 is 0. The van der Waals surface area contributed by atoms with Crippen molar-refractivity contribution >= 4 is 29.8 Å². The van der Waals surface area contributed by atoms with E-state index in [1.807, 2.05) is 15.4 Å². The number of aromatic amines is 2. The topological polar surface area (TPSA) is 179 Å². The molecule has 0 bridgehead atoms. The molecule has 4 N–H and O–H groups in total. The predicted molar refractivity (Wildman–Crippen MR) is 71.4 cm³/mol. The molecule has 1 aromatic rings. The molecule has 12 nitrogen and oxygen atoms in total. The normalized spacial score (nSPS) is 14.6. The number of rotatable bonds is 4. The standard InChI is InChI=1S/C10H9N7O5/c18-6-1-4(12-9(21)13-6)3-11-16-7(19)2-5-8(20)14-10(22)17-15-5/h3H,1-2H2,(H,16,19)(H,13,18,21)(H2,14,17,20,22)/b11-3+. The zero-order valence-electron chi connectivity index (χ0n) is 10.9. The van der Waals surface area contributed by atoms with Gasteiger partial charge in [0.1, 0.15) is 5.69 Å². The summed E-state index contributed by atoms with van der Waals surface area (Å²) in [7, 11) is 0. The molecule has 22 heavy (non-hydrogen) atoms. The lowest BCUT2D eigenvalue weighted by Gasteiger charge is -2.06. The van der Waals surface area contributed by atoms with Gasteiger partial charge < -0.3 is 0 Å². The monoisotopic (exact) mass is 307 g/mol. The molecule has 0 saturated carbocycles. The minimum atomic E-state index is -0.812. The summed E-state index contributed by atoms with van der Waals surface area (Å²) in [5.41, 5.74) is 0.376. The minimum Gasteiger partial charge on any atom is -0.276 e. The van der Waals surface area contributed by atoms with Gasteiger partial charge in [0, 0.05) is 0 Å². The molecule has 0 fully saturated rings. The largest absolute Gasteiger partial charge is 0.347 e. The first kappa shape index (κ1) is 15.0. The molecule has 0 atom stereocenters. The van der Waals surface area contributed by atoms with E-state index in [1.54, 1.807) is 0 Å². The van der Waals surface area contributed by atoms with Gasteiger partial charge >= 0.3 is 11.7 Å². The molecule has 1 aromatic heterocycles. The van der Waals surface area contributed by atoms with Gasteiger partial charge in [-0.2, -0.15) is 15.2 Å². The summed E-state index contributed by atoms with van der Waals surface area (Å²) in [4.78, 5) is 61.0. The molecule has 0 unspecified atom stereocenters. The van der Waals surface area contributed by atoms with Crippen LogP contribution >= 0.6 is 0 Å². The van der Waals surface area contributed by atoms with Gasteiger partial charge in [0.15, 0.2) is 0 Å². The number of H-pyrrole nitrogens is 2. The van der Waals surface area contributed by atoms with Crippen LogP contribution in [0.15, 0.2) is 19.7 Å². The third kappa shape index (κ3) is 4.03. The first-order valence-corrected chi connectivity index (χ1v) is 5.85. The number of aliphatic imine (C=N–C) groups is 1. The van der Waals surface area contributed by atoms with Gasteiger partial charge in [0.25, 0.3) is 5.56 Å². The summed E-state index contributed by atoms with van der Waals surface area (Å²) in [6, 6.07) is -0.812. The van der Waals surface area contributed by atoms with Crippen molar-refractivity contribution in [2.45, 2.75) is 12.8 Å². The Morgan fingerprint density at radius 2 is 2.09 bits per heavy atom. The molecule has 4 amide bonds. The lowest BCUT2D eigenvalue weighted by atomic mass is 10.2. The highest BCUT2D eigenvalue weighted by Gasteiger charge is 2.16. The number of aromatic nitrogens is 3. The van der Waals surface area contributed by atoms with E-state index in [-0.39, 0.29) is 17.8 Å². The highest BCUT2D eigenvalue weighted by Crippen LogP contribution is 1.94. The van der Waals surface area contributed by atoms with Crippen LogP contribution in [0, 0.1) is 0 Å². The van der Waals surface area contributed by atoms with Gasteiger partial charge in [-0.25, -0.2) is 20.1 Å². The quantitative estimate of drug-likeness (QED) is 0.344. The maximum atomic E-state index is 11.5. The van der Waals surface area contributed by atoms with Crippen LogP contribution in [-0.2, 0) is 16.0 Å². The molecule has 0 saturated heterocycles. The zero-order valence-corrected chi connectivity index (χ0v) is 10.9. The van der Waals surface area contributed by atoms with E-state index in [0.29, 0.717) is 0 Å². The average molecular weight is 307 g/mol. The van der Waals surface area contributed by atoms with E-state index in [1.165, 1.54) is 0 Å². The summed E-state index contributed by atoms with van der Waals surface area (Å²) in [5, 5.41) is 10.9. The summed E-state index contributed by atoms with van der Waals surface area (Å²) in [5.74, 6) is -1.22. The van der Waals surface area contributed by atoms with Crippen molar-refractivity contribution < 1.29 is 14.4 Å². The first-order valence-electron chi connectivity index (χ1n) is 5.85. The maximum Gasteiger partial charge on any atom is 0.347 e. The molecular formula is C10H9N7O5. The summed E-state index contributed by atoms with van der Waals surface area (Å²) < 4.78 is 0. The lowest BCUT2D eigenvalue weighted by molar-refractivity contribution is -0.120. The van der Waals surface area contributed by atoms with Crippen LogP contribution in [-0.4, -0.2) is 45.0 Å². The zero-order chi connectivity index (χ0) is 16.1. The second-order valence-electron chi connectivity index (χ2n) is 4.06. The van der Waals surface area contributed by atoms with Gasteiger partial charge in [-0.3, -0.25) is 24.7 Å². The fourth-order valence-electron chi connectivity index (χ4n) is 1.46. The van der Waals surface area contributed by atoms with E-state index in [9.17, 15) is 24.0 Å². The molecule has 0 radical (unpaired) electrons. The second-order valence-corrected chi connectivity index (χ2v) is 4.06. The molecule has 0 aliphatic carbocycles. The van der Waals surface area contributed by atoms with Crippen LogP contribution in [0.1, 0.15) is 12.1 Å². The van der Waals surface area contributed by atoms with Crippen LogP contribution in [0.4, 0.5) is 4.79 Å². The van der Waals surface area contributed by atoms with Crippen molar-refractivity contribution in [2.75, 3.05) is 0 Å². The number of nitrogens with zero attached hydrogens (tertiary/aromatic N) is 3. The Labute approximate surface area is 120 Å². The van der Waals surface area contributed by atoms with Crippen molar-refractivity contribution in [2.24, 2.45) is 10.1 Å². The number of amides is 4. The molecule has 12 heteroatoms. The number of hydrogen-bond acceptors (Lipinski definition) is 7. The molecule has 1 aliphatic heterocycles. The Kier molecular flexibility index (Phi) is 4.31. The Morgan fingerprint density at radius 3 is 2.77 bits per heavy atom. The van der Waals surface area contributed by atoms with Crippen LogP contribution in [0.3, 0.4) is 0 Å². The van der Waals surface area contributed by atoms with Gasteiger partial charge in [-0.15, -0.1) is 0 Å². The predicted octanol–water partition coefficient (Wildman–Crippen LogP) is -2.82. The van der Waals surface area contributed by atoms with Crippen LogP contribution in [0.2, 0.25) is 0 Å². The number of hydrazone groups is 1. The minimum absolute atomic E-state index is 0.0778. The number of carbonyl (C=O) groups excluding carboxylic acids is 3. The Hall–Kier alpha value is -3.44. The number of hydrogen-bond donors (Lipinski definition) is 4. The molecule has 0 aromatic carbocycles. The van der Waals surface area contributed by atoms with Gasteiger partial charge in [0.05, 0.1) is 24.8 Å². The molecular weight excluding hydrogens is 298 g/mol. The number of urea groups is 1. The summed E-state index contributed by atoms with van der Waals surface area (Å²) in [6.45, 7) is 0. The third-order valence-electron chi connectivity index (χ3n) is 2.35. The molecule has 2 heterocycles. The van der Waals surface area contributed by atoms with Crippen LogP contribution in [0.25, 0.3) is 0 Å². The smallest absolute Gasteiger partial charge is 0.276 e. The molecule has 1 aliphatic rings. The second kappa shape index (κ2) is 6.34. The molecule has 0 spiro atoms. The van der Waals surface area contributed by atoms with E-state index >= 15 is 0 Å². The van der Waals surface area contributed by atoms with Gasteiger partial charge in [0.2, 0.25) is 11.8 Å². The highest BCUT2D eigenvalue weighted by atomic mass is 16.2. The first-order chi connectivity index (χ1) is 10.4. The average Bonchev–Trinajstić information content (AvgIpc) is 2.41. The van der Waals surface area contributed by atoms with E-state index < -0.39 is 35.5 Å². The van der Waals surface area contributed by atoms with Crippen molar-refractivity contribution in [1.82, 2.24) is 25.9 Å². The van der Waals surface area contributed by atoms with Crippen LogP contribution < -0.4 is 22.0 Å². The Balaban J connectivity index is 1.94. The number of carbonyl (C=O) groups is 3. The SMILES string of the molecule is O=C(Cc1n[nH]c(=O)[nH]c1=O)N/N=C/C1=NC(=O)NC(=O)C1. The highest BCUT2D eigenvalue weighted by molar-refractivity contribution is 6.38. The van der Waals surface area contributed by atoms with Gasteiger partial charge in [-0.1, -0.05) is 0 Å². The molecule has 2 rings (SSSR count). The fraction of sp³-hybridized carbons (Fsp3) is 0.200. The van der Waals surface area contributed by atoms with Crippen molar-refractivity contribution in [1.29, 1.82) is 0 Å². The van der Waals surface area contributed by atoms with Crippen molar-refractivity contribution in [3.05, 3.63) is 26.5 Å². The van der Waals surface area contributed by atoms with Gasteiger partial charge in [-0.05, 0) is 0 Å². The number of nitrogens with one attached hydrogen (secondary N) is 4.